The lowest BCUT2D eigenvalue weighted by Crippen LogP contribution is -2.01. The summed E-state index contributed by atoms with van der Waals surface area (Å²) < 4.78 is 2.01. The Morgan fingerprint density at radius 2 is 2.30 bits per heavy atom. The van der Waals surface area contributed by atoms with Crippen molar-refractivity contribution < 1.29 is 9.90 Å². The van der Waals surface area contributed by atoms with Crippen LogP contribution < -0.4 is 0 Å². The first kappa shape index (κ1) is 13.2. The molecule has 0 atom stereocenters. The largest absolute Gasteiger partial charge is 0.481 e. The highest BCUT2D eigenvalue weighted by Crippen LogP contribution is 2.29. The van der Waals surface area contributed by atoms with Crippen LogP contribution in [-0.4, -0.2) is 26.4 Å². The van der Waals surface area contributed by atoms with Gasteiger partial charge in [0.25, 0.3) is 0 Å². The molecule has 0 spiro atoms. The number of aromatic nitrogens is 2. The van der Waals surface area contributed by atoms with E-state index in [1.165, 1.54) is 11.8 Å². The Kier molecular flexibility index (Phi) is 3.50. The number of carbonyl (C=O) groups is 1. The number of benzene rings is 1. The van der Waals surface area contributed by atoms with Gasteiger partial charge in [-0.15, -0.1) is 0 Å². The second-order valence-corrected chi connectivity index (χ2v) is 6.11. The summed E-state index contributed by atoms with van der Waals surface area (Å²) in [7, 11) is 0. The number of thioether (sulfide) groups is 1. The standard InChI is InChI=1S/C14H12N2O2S2/c1-9-2-3-12-11(6-9)15-14(20-8-13(17)18)16(12)10-4-5-19-7-10/h2-7H,8H2,1H3,(H,17,18). The third kappa shape index (κ3) is 2.44. The van der Waals surface area contributed by atoms with Crippen LogP contribution in [0, 0.1) is 6.92 Å². The molecule has 0 unspecified atom stereocenters. The summed E-state index contributed by atoms with van der Waals surface area (Å²) in [6.45, 7) is 2.02. The van der Waals surface area contributed by atoms with Gasteiger partial charge in [-0.05, 0) is 36.1 Å². The molecule has 0 bridgehead atoms. The van der Waals surface area contributed by atoms with E-state index >= 15 is 0 Å². The zero-order valence-corrected chi connectivity index (χ0v) is 12.4. The molecule has 102 valence electrons. The number of imidazole rings is 1. The molecule has 0 saturated heterocycles. The van der Waals surface area contributed by atoms with Crippen molar-refractivity contribution in [3.05, 3.63) is 40.6 Å². The molecule has 6 heteroatoms. The van der Waals surface area contributed by atoms with Crippen molar-refractivity contribution in [3.63, 3.8) is 0 Å². The molecule has 4 nitrogen and oxygen atoms in total. The van der Waals surface area contributed by atoms with Gasteiger partial charge in [0.05, 0.1) is 22.5 Å². The van der Waals surface area contributed by atoms with Gasteiger partial charge in [0.2, 0.25) is 0 Å². The second kappa shape index (κ2) is 5.30. The van der Waals surface area contributed by atoms with Crippen molar-refractivity contribution in [1.82, 2.24) is 9.55 Å². The van der Waals surface area contributed by atoms with Gasteiger partial charge >= 0.3 is 5.97 Å². The lowest BCUT2D eigenvalue weighted by Gasteiger charge is -2.05. The van der Waals surface area contributed by atoms with Crippen molar-refractivity contribution in [2.24, 2.45) is 0 Å². The van der Waals surface area contributed by atoms with Crippen LogP contribution in [0.5, 0.6) is 0 Å². The van der Waals surface area contributed by atoms with Crippen molar-refractivity contribution in [2.75, 3.05) is 5.75 Å². The van der Waals surface area contributed by atoms with Crippen molar-refractivity contribution in [1.29, 1.82) is 0 Å². The maximum atomic E-state index is 10.8. The van der Waals surface area contributed by atoms with E-state index in [9.17, 15) is 4.79 Å². The van der Waals surface area contributed by atoms with Gasteiger partial charge in [-0.25, -0.2) is 4.98 Å². The number of carboxylic acids is 1. The van der Waals surface area contributed by atoms with Gasteiger partial charge in [0, 0.05) is 5.38 Å². The Morgan fingerprint density at radius 3 is 3.00 bits per heavy atom. The third-order valence-electron chi connectivity index (χ3n) is 2.87. The number of hydrogen-bond acceptors (Lipinski definition) is 4. The highest BCUT2D eigenvalue weighted by atomic mass is 32.2. The Hall–Kier alpha value is -1.79. The summed E-state index contributed by atoms with van der Waals surface area (Å²) in [6.07, 6.45) is 0. The van der Waals surface area contributed by atoms with Gasteiger partial charge in [0.1, 0.15) is 0 Å². The zero-order chi connectivity index (χ0) is 14.1. The van der Waals surface area contributed by atoms with Crippen LogP contribution in [0.25, 0.3) is 16.7 Å². The van der Waals surface area contributed by atoms with E-state index < -0.39 is 5.97 Å². The molecule has 0 fully saturated rings. The predicted molar refractivity (Wildman–Crippen MR) is 82.0 cm³/mol. The van der Waals surface area contributed by atoms with Crippen molar-refractivity contribution >= 4 is 40.1 Å². The summed E-state index contributed by atoms with van der Waals surface area (Å²) >= 11 is 2.85. The quantitative estimate of drug-likeness (QED) is 0.749. The number of hydrogen-bond donors (Lipinski definition) is 1. The molecule has 2 heterocycles. The maximum absolute atomic E-state index is 10.8. The van der Waals surface area contributed by atoms with Gasteiger partial charge in [0.15, 0.2) is 5.16 Å². The molecule has 1 N–H and O–H groups in total. The molecule has 3 aromatic rings. The van der Waals surface area contributed by atoms with Gasteiger partial charge in [-0.3, -0.25) is 9.36 Å². The predicted octanol–water partition coefficient (Wildman–Crippen LogP) is 3.57. The topological polar surface area (TPSA) is 55.1 Å². The number of aliphatic carboxylic acids is 1. The molecule has 0 aliphatic heterocycles. The molecule has 20 heavy (non-hydrogen) atoms. The average molecular weight is 304 g/mol. The van der Waals surface area contributed by atoms with Crippen LogP contribution in [0.15, 0.2) is 40.2 Å². The Morgan fingerprint density at radius 1 is 1.45 bits per heavy atom. The number of nitrogens with zero attached hydrogens (tertiary/aromatic N) is 2. The Balaban J connectivity index is 2.16. The van der Waals surface area contributed by atoms with Crippen LogP contribution in [0.1, 0.15) is 5.56 Å². The summed E-state index contributed by atoms with van der Waals surface area (Å²) in [5.41, 5.74) is 4.06. The monoisotopic (exact) mass is 304 g/mol. The Labute approximate surface area is 124 Å². The van der Waals surface area contributed by atoms with E-state index in [2.05, 4.69) is 4.98 Å². The minimum absolute atomic E-state index is 0.00639. The molecule has 0 aliphatic rings. The smallest absolute Gasteiger partial charge is 0.313 e. The molecule has 0 amide bonds. The molecular weight excluding hydrogens is 292 g/mol. The molecule has 2 aromatic heterocycles. The number of rotatable bonds is 4. The molecule has 0 saturated carbocycles. The average Bonchev–Trinajstić information content (AvgIpc) is 3.01. The zero-order valence-electron chi connectivity index (χ0n) is 10.7. The fourth-order valence-corrected chi connectivity index (χ4v) is 3.39. The Bertz CT molecular complexity index is 763. The first-order valence-electron chi connectivity index (χ1n) is 6.01. The highest BCUT2D eigenvalue weighted by molar-refractivity contribution is 7.99. The van der Waals surface area contributed by atoms with Crippen molar-refractivity contribution in [2.45, 2.75) is 12.1 Å². The maximum Gasteiger partial charge on any atom is 0.313 e. The molecule has 0 radical (unpaired) electrons. The number of carboxylic acid groups (broad SMARTS) is 1. The first-order valence-corrected chi connectivity index (χ1v) is 7.94. The van der Waals surface area contributed by atoms with Crippen LogP contribution in [0.4, 0.5) is 0 Å². The summed E-state index contributed by atoms with van der Waals surface area (Å²) in [5, 5.41) is 13.6. The van der Waals surface area contributed by atoms with E-state index in [0.29, 0.717) is 5.16 Å². The van der Waals surface area contributed by atoms with Crippen LogP contribution >= 0.6 is 23.1 Å². The lowest BCUT2D eigenvalue weighted by atomic mass is 10.2. The second-order valence-electron chi connectivity index (χ2n) is 4.39. The van der Waals surface area contributed by atoms with E-state index in [-0.39, 0.29) is 5.75 Å². The molecular formula is C14H12N2O2S2. The van der Waals surface area contributed by atoms with E-state index in [1.807, 2.05) is 46.5 Å². The van der Waals surface area contributed by atoms with Gasteiger partial charge in [-0.1, -0.05) is 17.8 Å². The molecule has 3 rings (SSSR count). The van der Waals surface area contributed by atoms with E-state index in [1.54, 1.807) is 11.3 Å². The minimum Gasteiger partial charge on any atom is -0.481 e. The summed E-state index contributed by atoms with van der Waals surface area (Å²) in [6, 6.07) is 8.10. The highest BCUT2D eigenvalue weighted by Gasteiger charge is 2.14. The van der Waals surface area contributed by atoms with Crippen LogP contribution in [0.3, 0.4) is 0 Å². The molecule has 1 aromatic carbocycles. The van der Waals surface area contributed by atoms with Gasteiger partial charge in [-0.2, -0.15) is 11.3 Å². The number of aryl methyl sites for hydroxylation is 1. The lowest BCUT2D eigenvalue weighted by molar-refractivity contribution is -0.133. The fourth-order valence-electron chi connectivity index (χ4n) is 2.03. The summed E-state index contributed by atoms with van der Waals surface area (Å²) in [5.74, 6) is -0.831. The third-order valence-corrected chi connectivity index (χ3v) is 4.46. The fraction of sp³-hybridized carbons (Fsp3) is 0.143. The van der Waals surface area contributed by atoms with Gasteiger partial charge < -0.3 is 5.11 Å². The van der Waals surface area contributed by atoms with E-state index in [0.717, 1.165) is 22.3 Å². The summed E-state index contributed by atoms with van der Waals surface area (Å²) in [4.78, 5) is 15.4. The van der Waals surface area contributed by atoms with Crippen molar-refractivity contribution in [3.8, 4) is 5.69 Å². The van der Waals surface area contributed by atoms with E-state index in [4.69, 9.17) is 5.11 Å². The van der Waals surface area contributed by atoms with Crippen LogP contribution in [0.2, 0.25) is 0 Å². The molecule has 0 aliphatic carbocycles. The van der Waals surface area contributed by atoms with Crippen LogP contribution in [-0.2, 0) is 4.79 Å². The number of fused-ring (bicyclic) bond motifs is 1. The normalized spacial score (nSPS) is 11.1. The first-order chi connectivity index (χ1) is 9.65. The SMILES string of the molecule is Cc1ccc2c(c1)nc(SCC(=O)O)n2-c1ccsc1. The number of thiophene rings is 1. The minimum atomic E-state index is -0.838.